The number of aromatic hydroxyl groups is 1. The Bertz CT molecular complexity index is 534. The molecule has 1 amide bonds. The minimum absolute atomic E-state index is 0.0638. The molecule has 0 atom stereocenters. The third-order valence-corrected chi connectivity index (χ3v) is 2.36. The summed E-state index contributed by atoms with van der Waals surface area (Å²) >= 11 is 0. The second-order valence-electron chi connectivity index (χ2n) is 3.64. The van der Waals surface area contributed by atoms with Crippen LogP contribution in [0.3, 0.4) is 0 Å². The van der Waals surface area contributed by atoms with E-state index in [0.29, 0.717) is 11.4 Å². The quantitative estimate of drug-likeness (QED) is 0.755. The maximum absolute atomic E-state index is 11.8. The smallest absolute Gasteiger partial charge is 0.256 e. The first kappa shape index (κ1) is 11.2. The Morgan fingerprint density at radius 1 is 1.47 bits per heavy atom. The molecule has 2 aromatic rings. The molecule has 0 aliphatic carbocycles. The first-order chi connectivity index (χ1) is 8.19. The first-order valence-corrected chi connectivity index (χ1v) is 5.33. The molecule has 0 spiro atoms. The molecule has 1 heterocycles. The van der Waals surface area contributed by atoms with Crippen molar-refractivity contribution in [2.75, 3.05) is 5.32 Å². The van der Waals surface area contributed by atoms with E-state index in [9.17, 15) is 9.90 Å². The van der Waals surface area contributed by atoms with Crippen LogP contribution in [0.1, 0.15) is 23.0 Å². The molecule has 1 aromatic carbocycles. The highest BCUT2D eigenvalue weighted by molar-refractivity contribution is 6.03. The van der Waals surface area contributed by atoms with E-state index in [2.05, 4.69) is 15.5 Å². The number of aromatic amines is 1. The maximum atomic E-state index is 11.8. The van der Waals surface area contributed by atoms with Crippen LogP contribution in [-0.4, -0.2) is 21.2 Å². The number of H-pyrrole nitrogens is 1. The molecule has 3 N–H and O–H groups in total. The van der Waals surface area contributed by atoms with E-state index in [1.54, 1.807) is 18.2 Å². The summed E-state index contributed by atoms with van der Waals surface area (Å²) in [5, 5.41) is 18.7. The van der Waals surface area contributed by atoms with Crippen LogP contribution >= 0.6 is 0 Å². The lowest BCUT2D eigenvalue weighted by molar-refractivity contribution is 0.102. The second kappa shape index (κ2) is 4.69. The number of nitrogens with one attached hydrogen (secondary N) is 2. The fourth-order valence-corrected chi connectivity index (χ4v) is 1.44. The summed E-state index contributed by atoms with van der Waals surface area (Å²) in [6, 6.07) is 7.94. The Kier molecular flexibility index (Phi) is 3.09. The molecule has 17 heavy (non-hydrogen) atoms. The molecule has 2 rings (SSSR count). The van der Waals surface area contributed by atoms with Crippen LogP contribution in [0.4, 0.5) is 5.82 Å². The van der Waals surface area contributed by atoms with Crippen molar-refractivity contribution in [3.8, 4) is 5.75 Å². The van der Waals surface area contributed by atoms with Crippen LogP contribution in [0, 0.1) is 0 Å². The van der Waals surface area contributed by atoms with E-state index in [4.69, 9.17) is 0 Å². The topological polar surface area (TPSA) is 78.0 Å². The van der Waals surface area contributed by atoms with Gasteiger partial charge in [-0.1, -0.05) is 13.0 Å². The lowest BCUT2D eigenvalue weighted by Crippen LogP contribution is -2.11. The molecular weight excluding hydrogens is 218 g/mol. The van der Waals surface area contributed by atoms with Gasteiger partial charge in [0.15, 0.2) is 5.82 Å². The number of anilines is 1. The van der Waals surface area contributed by atoms with Gasteiger partial charge in [0.05, 0.1) is 0 Å². The first-order valence-electron chi connectivity index (χ1n) is 5.33. The van der Waals surface area contributed by atoms with Crippen LogP contribution in [0.25, 0.3) is 0 Å². The van der Waals surface area contributed by atoms with E-state index in [1.807, 2.05) is 6.92 Å². The van der Waals surface area contributed by atoms with Gasteiger partial charge in [0.2, 0.25) is 0 Å². The number of aromatic nitrogens is 2. The second-order valence-corrected chi connectivity index (χ2v) is 3.64. The van der Waals surface area contributed by atoms with Crippen molar-refractivity contribution < 1.29 is 9.90 Å². The summed E-state index contributed by atoms with van der Waals surface area (Å²) in [5.41, 5.74) is 1.35. The standard InChI is InChI=1S/C12H13N3O2/c1-2-9-7-11(15-14-9)13-12(17)8-4-3-5-10(16)6-8/h3-7,16H,2H2,1H3,(H2,13,14,15,17). The molecule has 0 aliphatic rings. The van der Waals surface area contributed by atoms with Gasteiger partial charge >= 0.3 is 0 Å². The summed E-state index contributed by atoms with van der Waals surface area (Å²) in [7, 11) is 0. The SMILES string of the molecule is CCc1cc(NC(=O)c2cccc(O)c2)n[nH]1. The highest BCUT2D eigenvalue weighted by Crippen LogP contribution is 2.13. The molecule has 5 heteroatoms. The van der Waals surface area contributed by atoms with Gasteiger partial charge in [0.1, 0.15) is 5.75 Å². The molecule has 0 fully saturated rings. The van der Waals surface area contributed by atoms with Gasteiger partial charge < -0.3 is 10.4 Å². The Labute approximate surface area is 98.5 Å². The number of hydrogen-bond acceptors (Lipinski definition) is 3. The number of carbonyl (C=O) groups is 1. The van der Waals surface area contributed by atoms with Crippen LogP contribution in [0.15, 0.2) is 30.3 Å². The van der Waals surface area contributed by atoms with Gasteiger partial charge in [0, 0.05) is 17.3 Å². The Balaban J connectivity index is 2.11. The normalized spacial score (nSPS) is 10.2. The summed E-state index contributed by atoms with van der Waals surface area (Å²) in [6.07, 6.45) is 0.828. The predicted molar refractivity (Wildman–Crippen MR) is 64.0 cm³/mol. The van der Waals surface area contributed by atoms with Crippen LogP contribution in [-0.2, 0) is 6.42 Å². The van der Waals surface area contributed by atoms with Crippen molar-refractivity contribution in [1.29, 1.82) is 0 Å². The Morgan fingerprint density at radius 2 is 2.29 bits per heavy atom. The molecule has 0 unspecified atom stereocenters. The Hall–Kier alpha value is -2.30. The molecule has 0 bridgehead atoms. The maximum Gasteiger partial charge on any atom is 0.256 e. The summed E-state index contributed by atoms with van der Waals surface area (Å²) in [5.74, 6) is 0.249. The summed E-state index contributed by atoms with van der Waals surface area (Å²) < 4.78 is 0. The molecule has 5 nitrogen and oxygen atoms in total. The molecule has 0 saturated heterocycles. The number of phenolic OH excluding ortho intramolecular Hbond substituents is 1. The zero-order valence-corrected chi connectivity index (χ0v) is 9.40. The third kappa shape index (κ3) is 2.63. The predicted octanol–water partition coefficient (Wildman–Crippen LogP) is 1.93. The van der Waals surface area contributed by atoms with Crippen molar-refractivity contribution in [3.05, 3.63) is 41.6 Å². The zero-order valence-electron chi connectivity index (χ0n) is 9.40. The van der Waals surface area contributed by atoms with Gasteiger partial charge in [-0.05, 0) is 24.6 Å². The monoisotopic (exact) mass is 231 g/mol. The molecular formula is C12H13N3O2. The van der Waals surface area contributed by atoms with Gasteiger partial charge in [-0.2, -0.15) is 5.10 Å². The lowest BCUT2D eigenvalue weighted by Gasteiger charge is -2.01. The number of amides is 1. The van der Waals surface area contributed by atoms with E-state index < -0.39 is 0 Å². The van der Waals surface area contributed by atoms with Gasteiger partial charge in [0.25, 0.3) is 5.91 Å². The molecule has 0 aliphatic heterocycles. The van der Waals surface area contributed by atoms with Crippen molar-refractivity contribution in [2.45, 2.75) is 13.3 Å². The average molecular weight is 231 g/mol. The van der Waals surface area contributed by atoms with E-state index in [0.717, 1.165) is 12.1 Å². The fraction of sp³-hybridized carbons (Fsp3) is 0.167. The molecule has 88 valence electrons. The van der Waals surface area contributed by atoms with Gasteiger partial charge in [-0.3, -0.25) is 9.89 Å². The van der Waals surface area contributed by atoms with Gasteiger partial charge in [-0.25, -0.2) is 0 Å². The van der Waals surface area contributed by atoms with Crippen LogP contribution < -0.4 is 5.32 Å². The largest absolute Gasteiger partial charge is 0.508 e. The average Bonchev–Trinajstić information content (AvgIpc) is 2.77. The Morgan fingerprint density at radius 3 is 2.94 bits per heavy atom. The third-order valence-electron chi connectivity index (χ3n) is 2.36. The van der Waals surface area contributed by atoms with Crippen molar-refractivity contribution in [1.82, 2.24) is 10.2 Å². The number of rotatable bonds is 3. The summed E-state index contributed by atoms with van der Waals surface area (Å²) in [6.45, 7) is 1.99. The van der Waals surface area contributed by atoms with E-state index in [1.165, 1.54) is 12.1 Å². The lowest BCUT2D eigenvalue weighted by atomic mass is 10.2. The van der Waals surface area contributed by atoms with E-state index in [-0.39, 0.29) is 11.7 Å². The molecule has 0 radical (unpaired) electrons. The number of nitrogens with zero attached hydrogens (tertiary/aromatic N) is 1. The number of hydrogen-bond donors (Lipinski definition) is 3. The number of aryl methyl sites for hydroxylation is 1. The zero-order chi connectivity index (χ0) is 12.3. The molecule has 0 saturated carbocycles. The molecule has 1 aromatic heterocycles. The minimum atomic E-state index is -0.296. The van der Waals surface area contributed by atoms with Gasteiger partial charge in [-0.15, -0.1) is 0 Å². The minimum Gasteiger partial charge on any atom is -0.508 e. The van der Waals surface area contributed by atoms with E-state index >= 15 is 0 Å². The highest BCUT2D eigenvalue weighted by Gasteiger charge is 2.08. The van der Waals surface area contributed by atoms with Crippen molar-refractivity contribution in [3.63, 3.8) is 0 Å². The highest BCUT2D eigenvalue weighted by atomic mass is 16.3. The fourth-order valence-electron chi connectivity index (χ4n) is 1.44. The summed E-state index contributed by atoms with van der Waals surface area (Å²) in [4.78, 5) is 11.8. The van der Waals surface area contributed by atoms with Crippen molar-refractivity contribution >= 4 is 11.7 Å². The van der Waals surface area contributed by atoms with Crippen molar-refractivity contribution in [2.24, 2.45) is 0 Å². The number of benzene rings is 1. The van der Waals surface area contributed by atoms with Crippen LogP contribution in [0.2, 0.25) is 0 Å². The number of carbonyl (C=O) groups excluding carboxylic acids is 1. The van der Waals surface area contributed by atoms with Crippen LogP contribution in [0.5, 0.6) is 5.75 Å². The number of phenols is 1.